The first kappa shape index (κ1) is 18.7. The Morgan fingerprint density at radius 1 is 1.00 bits per heavy atom. The Labute approximate surface area is 147 Å². The molecule has 0 aliphatic heterocycles. The van der Waals surface area contributed by atoms with Gasteiger partial charge in [-0.15, -0.1) is 0 Å². The third kappa shape index (κ3) is 4.45. The number of anilines is 1. The molecular weight excluding hydrogens is 342 g/mol. The molecule has 0 aliphatic carbocycles. The van der Waals surface area contributed by atoms with E-state index in [1.54, 1.807) is 30.3 Å². The molecule has 0 saturated heterocycles. The van der Waals surface area contributed by atoms with Gasteiger partial charge in [-0.3, -0.25) is 13.9 Å². The fourth-order valence-electron chi connectivity index (χ4n) is 2.27. The second kappa shape index (κ2) is 7.94. The summed E-state index contributed by atoms with van der Waals surface area (Å²) in [5.74, 6) is -0.641. The number of carbonyl (C=O) groups excluding carboxylic acids is 2. The average Bonchev–Trinajstić information content (AvgIpc) is 2.62. The maximum atomic E-state index is 13.0. The first-order chi connectivity index (χ1) is 11.9. The fourth-order valence-corrected chi connectivity index (χ4v) is 3.73. The van der Waals surface area contributed by atoms with Crippen LogP contribution in [0.5, 0.6) is 0 Å². The second-order valence-corrected chi connectivity index (χ2v) is 7.18. The normalized spacial score (nSPS) is 11.0. The molecule has 0 aromatic heterocycles. The van der Waals surface area contributed by atoms with Crippen molar-refractivity contribution in [1.82, 2.24) is 0 Å². The van der Waals surface area contributed by atoms with Gasteiger partial charge in [0.25, 0.3) is 10.0 Å². The number of hydrogen-bond acceptors (Lipinski definition) is 5. The van der Waals surface area contributed by atoms with Gasteiger partial charge in [0.05, 0.1) is 24.1 Å². The summed E-state index contributed by atoms with van der Waals surface area (Å²) < 4.78 is 31.8. The van der Waals surface area contributed by atoms with Crippen LogP contribution in [0.1, 0.15) is 23.7 Å². The highest BCUT2D eigenvalue weighted by Gasteiger charge is 2.25. The van der Waals surface area contributed by atoms with Gasteiger partial charge in [-0.25, -0.2) is 8.42 Å². The van der Waals surface area contributed by atoms with E-state index in [9.17, 15) is 18.0 Å². The number of methoxy groups -OCH3 is 1. The molecule has 0 spiro atoms. The van der Waals surface area contributed by atoms with Gasteiger partial charge >= 0.3 is 5.97 Å². The van der Waals surface area contributed by atoms with Gasteiger partial charge < -0.3 is 4.74 Å². The molecule has 0 heterocycles. The van der Waals surface area contributed by atoms with E-state index >= 15 is 0 Å². The van der Waals surface area contributed by atoms with Gasteiger partial charge in [0.1, 0.15) is 0 Å². The van der Waals surface area contributed by atoms with Crippen LogP contribution in [0.4, 0.5) is 5.69 Å². The molecule has 0 saturated carbocycles. The van der Waals surface area contributed by atoms with Gasteiger partial charge in [0, 0.05) is 12.1 Å². The third-order valence-corrected chi connectivity index (χ3v) is 5.48. The monoisotopic (exact) mass is 361 g/mol. The third-order valence-electron chi connectivity index (χ3n) is 3.64. The van der Waals surface area contributed by atoms with Gasteiger partial charge in [-0.2, -0.15) is 0 Å². The van der Waals surface area contributed by atoms with E-state index in [-0.39, 0.29) is 23.6 Å². The summed E-state index contributed by atoms with van der Waals surface area (Å²) >= 11 is 0. The molecule has 2 rings (SSSR count). The van der Waals surface area contributed by atoms with E-state index in [1.165, 1.54) is 38.3 Å². The van der Waals surface area contributed by atoms with Crippen molar-refractivity contribution < 1.29 is 22.7 Å². The van der Waals surface area contributed by atoms with Crippen molar-refractivity contribution in [3.8, 4) is 0 Å². The molecule has 0 fully saturated rings. The molecule has 0 amide bonds. The Balaban J connectivity index is 2.40. The largest absolute Gasteiger partial charge is 0.469 e. The number of hydrogen-bond donors (Lipinski definition) is 0. The van der Waals surface area contributed by atoms with Crippen molar-refractivity contribution in [3.05, 3.63) is 60.2 Å². The number of sulfonamides is 1. The number of ketones is 1. The SMILES string of the molecule is COC(=O)CCN(c1ccccc1)S(=O)(=O)c1ccc(C(C)=O)cc1. The van der Waals surface area contributed by atoms with Crippen LogP contribution in [0.3, 0.4) is 0 Å². The zero-order valence-corrected chi connectivity index (χ0v) is 14.8. The number of benzene rings is 2. The van der Waals surface area contributed by atoms with Crippen LogP contribution in [-0.4, -0.2) is 33.8 Å². The van der Waals surface area contributed by atoms with E-state index in [0.29, 0.717) is 11.3 Å². The number of nitrogens with zero attached hydrogens (tertiary/aromatic N) is 1. The van der Waals surface area contributed by atoms with Crippen LogP contribution >= 0.6 is 0 Å². The van der Waals surface area contributed by atoms with Crippen LogP contribution in [0.15, 0.2) is 59.5 Å². The van der Waals surface area contributed by atoms with Gasteiger partial charge in [-0.05, 0) is 31.2 Å². The minimum Gasteiger partial charge on any atom is -0.469 e. The summed E-state index contributed by atoms with van der Waals surface area (Å²) in [6, 6.07) is 14.2. The molecule has 2 aromatic carbocycles. The Bertz CT molecular complexity index is 845. The molecule has 0 radical (unpaired) electrons. The number of ether oxygens (including phenoxy) is 1. The van der Waals surface area contributed by atoms with Gasteiger partial charge in [0.2, 0.25) is 0 Å². The standard InChI is InChI=1S/C18H19NO5S/c1-14(20)15-8-10-17(11-9-15)25(22,23)19(13-12-18(21)24-2)16-6-4-3-5-7-16/h3-11H,12-13H2,1-2H3. The zero-order valence-electron chi connectivity index (χ0n) is 14.0. The minimum absolute atomic E-state index is 0.0474. The van der Waals surface area contributed by atoms with Crippen molar-refractivity contribution >= 4 is 27.5 Å². The lowest BCUT2D eigenvalue weighted by Crippen LogP contribution is -2.33. The molecule has 0 atom stereocenters. The van der Waals surface area contributed by atoms with Crippen molar-refractivity contribution in [2.75, 3.05) is 18.0 Å². The van der Waals surface area contributed by atoms with Gasteiger partial charge in [0.15, 0.2) is 5.78 Å². The molecule has 6 nitrogen and oxygen atoms in total. The molecule has 2 aromatic rings. The highest BCUT2D eigenvalue weighted by atomic mass is 32.2. The van der Waals surface area contributed by atoms with Crippen molar-refractivity contribution in [2.24, 2.45) is 0 Å². The van der Waals surface area contributed by atoms with Crippen LogP contribution in [0, 0.1) is 0 Å². The van der Waals surface area contributed by atoms with Crippen molar-refractivity contribution in [1.29, 1.82) is 0 Å². The molecule has 25 heavy (non-hydrogen) atoms. The predicted octanol–water partition coefficient (Wildman–Crippen LogP) is 2.65. The molecule has 132 valence electrons. The highest BCUT2D eigenvalue weighted by molar-refractivity contribution is 7.92. The molecule has 0 aliphatic rings. The number of Topliss-reactive ketones (excluding diaryl/α,β-unsaturated/α-hetero) is 1. The molecule has 7 heteroatoms. The van der Waals surface area contributed by atoms with E-state index in [4.69, 9.17) is 0 Å². The molecule has 0 unspecified atom stereocenters. The maximum Gasteiger partial charge on any atom is 0.307 e. The predicted molar refractivity (Wildman–Crippen MR) is 94.1 cm³/mol. The van der Waals surface area contributed by atoms with E-state index in [1.807, 2.05) is 0 Å². The fraction of sp³-hybridized carbons (Fsp3) is 0.222. The van der Waals surface area contributed by atoms with Crippen molar-refractivity contribution in [3.63, 3.8) is 0 Å². The van der Waals surface area contributed by atoms with Gasteiger partial charge in [-0.1, -0.05) is 30.3 Å². The van der Waals surface area contributed by atoms with E-state index in [2.05, 4.69) is 4.74 Å². The summed E-state index contributed by atoms with van der Waals surface area (Å²) in [7, 11) is -2.63. The summed E-state index contributed by atoms with van der Waals surface area (Å²) in [6.07, 6.45) is -0.0733. The van der Waals surface area contributed by atoms with E-state index < -0.39 is 16.0 Å². The average molecular weight is 361 g/mol. The number of rotatable bonds is 7. The molecule has 0 N–H and O–H groups in total. The number of esters is 1. The molecular formula is C18H19NO5S. The van der Waals surface area contributed by atoms with E-state index in [0.717, 1.165) is 4.31 Å². The van der Waals surface area contributed by atoms with Crippen LogP contribution in [-0.2, 0) is 19.6 Å². The summed E-state index contributed by atoms with van der Waals surface area (Å²) in [5.41, 5.74) is 0.877. The summed E-state index contributed by atoms with van der Waals surface area (Å²) in [5, 5.41) is 0. The Morgan fingerprint density at radius 3 is 2.12 bits per heavy atom. The lowest BCUT2D eigenvalue weighted by molar-refractivity contribution is -0.140. The Morgan fingerprint density at radius 2 is 1.60 bits per heavy atom. The first-order valence-corrected chi connectivity index (χ1v) is 9.06. The Hall–Kier alpha value is -2.67. The summed E-state index contributed by atoms with van der Waals surface area (Å²) in [6.45, 7) is 1.36. The Kier molecular flexibility index (Phi) is 5.93. The van der Waals surface area contributed by atoms with Crippen LogP contribution < -0.4 is 4.31 Å². The van der Waals surface area contributed by atoms with Crippen molar-refractivity contribution in [2.45, 2.75) is 18.2 Å². The lowest BCUT2D eigenvalue weighted by Gasteiger charge is -2.24. The quantitative estimate of drug-likeness (QED) is 0.559. The number of para-hydroxylation sites is 1. The van der Waals surface area contributed by atoms with Crippen LogP contribution in [0.2, 0.25) is 0 Å². The van der Waals surface area contributed by atoms with Crippen LogP contribution in [0.25, 0.3) is 0 Å². The minimum atomic E-state index is -3.89. The second-order valence-electron chi connectivity index (χ2n) is 5.32. The lowest BCUT2D eigenvalue weighted by atomic mass is 10.2. The molecule has 0 bridgehead atoms. The topological polar surface area (TPSA) is 80.8 Å². The first-order valence-electron chi connectivity index (χ1n) is 7.62. The number of carbonyl (C=O) groups is 2. The maximum absolute atomic E-state index is 13.0. The highest BCUT2D eigenvalue weighted by Crippen LogP contribution is 2.24. The summed E-state index contributed by atoms with van der Waals surface area (Å²) in [4.78, 5) is 22.9. The zero-order chi connectivity index (χ0) is 18.4. The smallest absolute Gasteiger partial charge is 0.307 e.